The standard InChI is InChI=1S/C9H16N2O5/c1-5(12)6(3-2-4-7(13)14)9(10,11)8(15)16/h6H,2-4,10-11H2,1H3,(H,13,14)(H,15,16). The van der Waals surface area contributed by atoms with E-state index in [4.69, 9.17) is 21.7 Å². The van der Waals surface area contributed by atoms with E-state index >= 15 is 0 Å². The van der Waals surface area contributed by atoms with Crippen molar-refractivity contribution in [1.29, 1.82) is 0 Å². The number of hydrogen-bond acceptors (Lipinski definition) is 5. The van der Waals surface area contributed by atoms with Crippen LogP contribution in [0.5, 0.6) is 0 Å². The third kappa shape index (κ3) is 3.95. The van der Waals surface area contributed by atoms with Crippen molar-refractivity contribution >= 4 is 17.7 Å². The van der Waals surface area contributed by atoms with Crippen LogP contribution in [0.2, 0.25) is 0 Å². The zero-order valence-electron chi connectivity index (χ0n) is 8.97. The Bertz CT molecular complexity index is 300. The summed E-state index contributed by atoms with van der Waals surface area (Å²) in [7, 11) is 0. The Morgan fingerprint density at radius 1 is 1.25 bits per heavy atom. The molecular formula is C9H16N2O5. The van der Waals surface area contributed by atoms with Gasteiger partial charge < -0.3 is 21.7 Å². The van der Waals surface area contributed by atoms with Crippen molar-refractivity contribution in [2.75, 3.05) is 0 Å². The average Bonchev–Trinajstić information content (AvgIpc) is 2.10. The Balaban J connectivity index is 4.57. The van der Waals surface area contributed by atoms with Crippen LogP contribution in [0.4, 0.5) is 0 Å². The third-order valence-corrected chi connectivity index (χ3v) is 2.32. The molecule has 0 saturated carbocycles. The minimum absolute atomic E-state index is 0.0426. The van der Waals surface area contributed by atoms with E-state index in [1.54, 1.807) is 0 Å². The number of Topliss-reactive ketones (excluding diaryl/α,β-unsaturated/α-hetero) is 1. The van der Waals surface area contributed by atoms with E-state index in [9.17, 15) is 14.4 Å². The fraction of sp³-hybridized carbons (Fsp3) is 0.667. The molecule has 0 aliphatic rings. The predicted octanol–water partition coefficient (Wildman–Crippen LogP) is -0.855. The molecule has 7 heteroatoms. The Labute approximate surface area is 92.4 Å². The zero-order valence-corrected chi connectivity index (χ0v) is 8.97. The van der Waals surface area contributed by atoms with Crippen molar-refractivity contribution in [1.82, 2.24) is 0 Å². The fourth-order valence-corrected chi connectivity index (χ4v) is 1.38. The summed E-state index contributed by atoms with van der Waals surface area (Å²) in [6, 6.07) is 0. The number of nitrogens with two attached hydrogens (primary N) is 2. The highest BCUT2D eigenvalue weighted by molar-refractivity contribution is 5.89. The predicted molar refractivity (Wildman–Crippen MR) is 54.4 cm³/mol. The number of carbonyl (C=O) groups is 3. The summed E-state index contributed by atoms with van der Waals surface area (Å²) >= 11 is 0. The van der Waals surface area contributed by atoms with E-state index in [1.165, 1.54) is 6.92 Å². The molecular weight excluding hydrogens is 216 g/mol. The number of rotatable bonds is 7. The van der Waals surface area contributed by atoms with Gasteiger partial charge in [0.2, 0.25) is 0 Å². The molecule has 7 nitrogen and oxygen atoms in total. The number of carboxylic acids is 2. The maximum Gasteiger partial charge on any atom is 0.339 e. The molecule has 1 atom stereocenters. The van der Waals surface area contributed by atoms with Gasteiger partial charge in [0.25, 0.3) is 0 Å². The van der Waals surface area contributed by atoms with Crippen molar-refractivity contribution in [2.24, 2.45) is 17.4 Å². The minimum Gasteiger partial charge on any atom is -0.481 e. The van der Waals surface area contributed by atoms with Crippen LogP contribution in [0.15, 0.2) is 0 Å². The second-order valence-electron chi connectivity index (χ2n) is 3.69. The molecule has 0 fully saturated rings. The maximum atomic E-state index is 11.2. The molecule has 0 aliphatic heterocycles. The van der Waals surface area contributed by atoms with Crippen molar-refractivity contribution in [3.8, 4) is 0 Å². The Morgan fingerprint density at radius 2 is 1.75 bits per heavy atom. The van der Waals surface area contributed by atoms with Crippen LogP contribution in [-0.2, 0) is 14.4 Å². The summed E-state index contributed by atoms with van der Waals surface area (Å²) < 4.78 is 0. The van der Waals surface area contributed by atoms with E-state index in [2.05, 4.69) is 0 Å². The normalized spacial score (nSPS) is 13.2. The first-order valence-electron chi connectivity index (χ1n) is 4.73. The van der Waals surface area contributed by atoms with Gasteiger partial charge in [-0.2, -0.15) is 0 Å². The molecule has 0 aromatic heterocycles. The van der Waals surface area contributed by atoms with Gasteiger partial charge in [-0.1, -0.05) is 0 Å². The van der Waals surface area contributed by atoms with Crippen LogP contribution >= 0.6 is 0 Å². The van der Waals surface area contributed by atoms with Crippen LogP contribution in [0.3, 0.4) is 0 Å². The van der Waals surface area contributed by atoms with E-state index in [0.717, 1.165) is 0 Å². The number of ketones is 1. The highest BCUT2D eigenvalue weighted by Gasteiger charge is 2.40. The van der Waals surface area contributed by atoms with E-state index in [1.807, 2.05) is 0 Å². The molecule has 0 saturated heterocycles. The van der Waals surface area contributed by atoms with Gasteiger partial charge in [-0.05, 0) is 19.8 Å². The molecule has 0 aromatic carbocycles. The second kappa shape index (κ2) is 5.57. The van der Waals surface area contributed by atoms with Crippen molar-refractivity contribution in [3.63, 3.8) is 0 Å². The highest BCUT2D eigenvalue weighted by Crippen LogP contribution is 2.18. The van der Waals surface area contributed by atoms with Crippen LogP contribution in [0.1, 0.15) is 26.2 Å². The van der Waals surface area contributed by atoms with Gasteiger partial charge in [-0.25, -0.2) is 4.79 Å². The molecule has 16 heavy (non-hydrogen) atoms. The van der Waals surface area contributed by atoms with Crippen LogP contribution in [0.25, 0.3) is 0 Å². The zero-order chi connectivity index (χ0) is 12.9. The molecule has 0 rings (SSSR count). The first-order valence-corrected chi connectivity index (χ1v) is 4.73. The van der Waals surface area contributed by atoms with Gasteiger partial charge in [0, 0.05) is 6.42 Å². The van der Waals surface area contributed by atoms with Crippen molar-refractivity contribution < 1.29 is 24.6 Å². The molecule has 0 heterocycles. The van der Waals surface area contributed by atoms with E-state index in [-0.39, 0.29) is 19.3 Å². The van der Waals surface area contributed by atoms with Gasteiger partial charge in [-0.3, -0.25) is 9.59 Å². The molecule has 1 unspecified atom stereocenters. The Morgan fingerprint density at radius 3 is 2.06 bits per heavy atom. The lowest BCUT2D eigenvalue weighted by Gasteiger charge is -2.27. The highest BCUT2D eigenvalue weighted by atomic mass is 16.4. The quantitative estimate of drug-likeness (QED) is 0.418. The van der Waals surface area contributed by atoms with E-state index in [0.29, 0.717) is 0 Å². The van der Waals surface area contributed by atoms with Gasteiger partial charge in [-0.15, -0.1) is 0 Å². The van der Waals surface area contributed by atoms with Crippen molar-refractivity contribution in [2.45, 2.75) is 31.8 Å². The fourth-order valence-electron chi connectivity index (χ4n) is 1.38. The molecule has 92 valence electrons. The van der Waals surface area contributed by atoms with Gasteiger partial charge in [0.1, 0.15) is 5.78 Å². The largest absolute Gasteiger partial charge is 0.481 e. The first-order chi connectivity index (χ1) is 7.19. The number of carboxylic acid groups (broad SMARTS) is 2. The lowest BCUT2D eigenvalue weighted by atomic mass is 9.86. The first kappa shape index (κ1) is 14.5. The molecule has 0 aromatic rings. The maximum absolute atomic E-state index is 11.2. The molecule has 0 amide bonds. The van der Waals surface area contributed by atoms with Crippen molar-refractivity contribution in [3.05, 3.63) is 0 Å². The SMILES string of the molecule is CC(=O)C(CCCC(=O)O)C(N)(N)C(=O)O. The summed E-state index contributed by atoms with van der Waals surface area (Å²) in [5, 5.41) is 17.2. The number of carbonyl (C=O) groups excluding carboxylic acids is 1. The van der Waals surface area contributed by atoms with Crippen LogP contribution < -0.4 is 11.5 Å². The Hall–Kier alpha value is -1.47. The second-order valence-corrected chi connectivity index (χ2v) is 3.69. The Kier molecular flexibility index (Phi) is 5.06. The molecule has 6 N–H and O–H groups in total. The molecule has 0 bridgehead atoms. The number of aliphatic carboxylic acids is 2. The summed E-state index contributed by atoms with van der Waals surface area (Å²) in [6.45, 7) is 1.18. The smallest absolute Gasteiger partial charge is 0.339 e. The number of hydrogen-bond donors (Lipinski definition) is 4. The summed E-state index contributed by atoms with van der Waals surface area (Å²) in [5.41, 5.74) is 8.51. The molecule has 0 spiro atoms. The summed E-state index contributed by atoms with van der Waals surface area (Å²) in [6.07, 6.45) is 0.0451. The minimum atomic E-state index is -2.15. The molecule has 0 radical (unpaired) electrons. The third-order valence-electron chi connectivity index (χ3n) is 2.32. The average molecular weight is 232 g/mol. The van der Waals surface area contributed by atoms with Gasteiger partial charge in [0.05, 0.1) is 5.92 Å². The van der Waals surface area contributed by atoms with Gasteiger partial charge in [0.15, 0.2) is 5.66 Å². The summed E-state index contributed by atoms with van der Waals surface area (Å²) in [4.78, 5) is 32.2. The van der Waals surface area contributed by atoms with Gasteiger partial charge >= 0.3 is 11.9 Å². The topological polar surface area (TPSA) is 144 Å². The molecule has 0 aliphatic carbocycles. The lowest BCUT2D eigenvalue weighted by molar-refractivity contribution is -0.148. The lowest BCUT2D eigenvalue weighted by Crippen LogP contribution is -2.63. The monoisotopic (exact) mass is 232 g/mol. The van der Waals surface area contributed by atoms with Crippen LogP contribution in [0, 0.1) is 5.92 Å². The van der Waals surface area contributed by atoms with Crippen LogP contribution in [-0.4, -0.2) is 33.6 Å². The summed E-state index contributed by atoms with van der Waals surface area (Å²) in [5.74, 6) is -4.04. The van der Waals surface area contributed by atoms with E-state index < -0.39 is 29.3 Å².